The van der Waals surface area contributed by atoms with Gasteiger partial charge in [-0.2, -0.15) is 5.10 Å². The Bertz CT molecular complexity index is 974. The highest BCUT2D eigenvalue weighted by Crippen LogP contribution is 2.41. The van der Waals surface area contributed by atoms with Gasteiger partial charge in [-0.25, -0.2) is 0 Å². The highest BCUT2D eigenvalue weighted by molar-refractivity contribution is 6.30. The summed E-state index contributed by atoms with van der Waals surface area (Å²) in [4.78, 5) is 11.9. The minimum absolute atomic E-state index is 0.290. The van der Waals surface area contributed by atoms with Crippen LogP contribution in [-0.2, 0) is 6.54 Å². The van der Waals surface area contributed by atoms with E-state index in [1.54, 1.807) is 35.0 Å². The lowest BCUT2D eigenvalue weighted by atomic mass is 10.1. The predicted octanol–water partition coefficient (Wildman–Crippen LogP) is 3.38. The van der Waals surface area contributed by atoms with Crippen LogP contribution in [0.1, 0.15) is 16.1 Å². The summed E-state index contributed by atoms with van der Waals surface area (Å²) in [6, 6.07) is 12.5. The molecule has 7 nitrogen and oxygen atoms in total. The van der Waals surface area contributed by atoms with Crippen LogP contribution in [-0.4, -0.2) is 37.0 Å². The third-order valence-corrected chi connectivity index (χ3v) is 4.49. The molecule has 0 bridgehead atoms. The second-order valence-corrected chi connectivity index (χ2v) is 6.41. The highest BCUT2D eigenvalue weighted by Gasteiger charge is 2.19. The lowest BCUT2D eigenvalue weighted by molar-refractivity contribution is 0.0990. The fourth-order valence-electron chi connectivity index (χ4n) is 2.87. The molecule has 2 aromatic carbocycles. The van der Waals surface area contributed by atoms with Gasteiger partial charge in [-0.15, -0.1) is 0 Å². The molecule has 0 atom stereocenters. The summed E-state index contributed by atoms with van der Waals surface area (Å²) in [7, 11) is 4.61. The normalized spacial score (nSPS) is 10.6. The number of ether oxygens (including phenoxy) is 3. The fraction of sp³-hybridized carbons (Fsp3) is 0.200. The van der Waals surface area contributed by atoms with Crippen LogP contribution in [0.15, 0.2) is 42.5 Å². The number of rotatable bonds is 7. The lowest BCUT2D eigenvalue weighted by Gasteiger charge is -2.13. The Balaban J connectivity index is 2.05. The molecular formula is C20H20ClN3O4. The molecule has 0 fully saturated rings. The molecule has 0 aliphatic heterocycles. The number of hydrogen-bond acceptors (Lipinski definition) is 5. The molecule has 0 aliphatic rings. The number of hydrogen-bond donors (Lipinski definition) is 1. The minimum atomic E-state index is -0.569. The number of nitrogens with zero attached hydrogens (tertiary/aromatic N) is 2. The number of halogens is 1. The van der Waals surface area contributed by atoms with Crippen LogP contribution in [0.2, 0.25) is 5.02 Å². The predicted molar refractivity (Wildman–Crippen MR) is 106 cm³/mol. The zero-order valence-electron chi connectivity index (χ0n) is 15.7. The van der Waals surface area contributed by atoms with Crippen molar-refractivity contribution >= 4 is 17.5 Å². The largest absolute Gasteiger partial charge is 0.493 e. The maximum Gasteiger partial charge on any atom is 0.267 e. The van der Waals surface area contributed by atoms with E-state index in [0.717, 1.165) is 5.56 Å². The molecular weight excluding hydrogens is 382 g/mol. The number of carbonyl (C=O) groups is 1. The summed E-state index contributed by atoms with van der Waals surface area (Å²) in [5.74, 6) is 0.888. The van der Waals surface area contributed by atoms with Gasteiger partial charge >= 0.3 is 0 Å². The van der Waals surface area contributed by atoms with E-state index >= 15 is 0 Å². The molecule has 1 heterocycles. The van der Waals surface area contributed by atoms with E-state index in [9.17, 15) is 4.79 Å². The highest BCUT2D eigenvalue weighted by atomic mass is 35.5. The van der Waals surface area contributed by atoms with Crippen molar-refractivity contribution in [3.05, 3.63) is 58.7 Å². The van der Waals surface area contributed by atoms with Gasteiger partial charge in [-0.05, 0) is 35.9 Å². The molecule has 0 saturated heterocycles. The number of carbonyl (C=O) groups excluding carboxylic acids is 1. The van der Waals surface area contributed by atoms with Gasteiger partial charge in [0, 0.05) is 10.6 Å². The van der Waals surface area contributed by atoms with Gasteiger partial charge in [-0.1, -0.05) is 23.7 Å². The van der Waals surface area contributed by atoms with Crippen molar-refractivity contribution in [3.63, 3.8) is 0 Å². The van der Waals surface area contributed by atoms with E-state index < -0.39 is 5.91 Å². The van der Waals surface area contributed by atoms with E-state index in [-0.39, 0.29) is 0 Å². The van der Waals surface area contributed by atoms with Crippen LogP contribution in [0.3, 0.4) is 0 Å². The van der Waals surface area contributed by atoms with Gasteiger partial charge in [0.05, 0.1) is 33.6 Å². The van der Waals surface area contributed by atoms with Crippen LogP contribution in [0.5, 0.6) is 17.2 Å². The maximum atomic E-state index is 11.9. The Morgan fingerprint density at radius 3 is 2.14 bits per heavy atom. The van der Waals surface area contributed by atoms with Crippen molar-refractivity contribution in [1.29, 1.82) is 0 Å². The first-order valence-corrected chi connectivity index (χ1v) is 8.77. The molecule has 0 radical (unpaired) electrons. The molecule has 1 amide bonds. The summed E-state index contributed by atoms with van der Waals surface area (Å²) in [5, 5.41) is 5.19. The number of benzene rings is 2. The second kappa shape index (κ2) is 8.22. The SMILES string of the molecule is COc1cc(-c2cc(C(N)=O)n(Cc3ccc(Cl)cc3)n2)cc(OC)c1OC. The molecule has 3 aromatic rings. The summed E-state index contributed by atoms with van der Waals surface area (Å²) in [6.07, 6.45) is 0. The number of aromatic nitrogens is 2. The fourth-order valence-corrected chi connectivity index (χ4v) is 2.99. The smallest absolute Gasteiger partial charge is 0.267 e. The van der Waals surface area contributed by atoms with Crippen molar-refractivity contribution in [1.82, 2.24) is 9.78 Å². The zero-order chi connectivity index (χ0) is 20.3. The lowest BCUT2D eigenvalue weighted by Crippen LogP contribution is -2.18. The quantitative estimate of drug-likeness (QED) is 0.655. The van der Waals surface area contributed by atoms with Crippen molar-refractivity contribution in [2.24, 2.45) is 5.73 Å². The van der Waals surface area contributed by atoms with Gasteiger partial charge < -0.3 is 19.9 Å². The van der Waals surface area contributed by atoms with Gasteiger partial charge in [0.2, 0.25) is 5.75 Å². The average Bonchev–Trinajstić information content (AvgIpc) is 3.12. The van der Waals surface area contributed by atoms with Gasteiger partial charge in [0.15, 0.2) is 11.5 Å². The third-order valence-electron chi connectivity index (χ3n) is 4.24. The van der Waals surface area contributed by atoms with Gasteiger partial charge in [0.1, 0.15) is 5.69 Å². The average molecular weight is 402 g/mol. The topological polar surface area (TPSA) is 88.6 Å². The van der Waals surface area contributed by atoms with E-state index in [4.69, 9.17) is 31.5 Å². The first-order chi connectivity index (χ1) is 13.5. The second-order valence-electron chi connectivity index (χ2n) is 5.98. The molecule has 0 unspecified atom stereocenters. The molecule has 0 aliphatic carbocycles. The standard InChI is InChI=1S/C20H20ClN3O4/c1-26-17-8-13(9-18(27-2)19(17)28-3)15-10-16(20(22)25)24(23-15)11-12-4-6-14(21)7-5-12/h4-10H,11H2,1-3H3,(H2,22,25). The molecule has 1 aromatic heterocycles. The van der Waals surface area contributed by atoms with E-state index in [1.807, 2.05) is 12.1 Å². The van der Waals surface area contributed by atoms with E-state index in [0.29, 0.717) is 45.8 Å². The Hall–Kier alpha value is -3.19. The van der Waals surface area contributed by atoms with Crippen LogP contribution < -0.4 is 19.9 Å². The summed E-state index contributed by atoms with van der Waals surface area (Å²) in [6.45, 7) is 0.375. The molecule has 0 saturated carbocycles. The third kappa shape index (κ3) is 3.89. The minimum Gasteiger partial charge on any atom is -0.493 e. The Kier molecular flexibility index (Phi) is 5.75. The van der Waals surface area contributed by atoms with Crippen LogP contribution in [0.4, 0.5) is 0 Å². The molecule has 3 rings (SSSR count). The Labute approximate surface area is 167 Å². The van der Waals surface area contributed by atoms with Crippen molar-refractivity contribution < 1.29 is 19.0 Å². The maximum absolute atomic E-state index is 11.9. The first kappa shape index (κ1) is 19.6. The number of amides is 1. The van der Waals surface area contributed by atoms with E-state index in [2.05, 4.69) is 5.10 Å². The van der Waals surface area contributed by atoms with Crippen molar-refractivity contribution in [2.45, 2.75) is 6.54 Å². The molecule has 8 heteroatoms. The zero-order valence-corrected chi connectivity index (χ0v) is 16.5. The molecule has 0 spiro atoms. The Morgan fingerprint density at radius 1 is 1.04 bits per heavy atom. The van der Waals surface area contributed by atoms with Crippen molar-refractivity contribution in [2.75, 3.05) is 21.3 Å². The number of nitrogens with two attached hydrogens (primary N) is 1. The summed E-state index contributed by atoms with van der Waals surface area (Å²) >= 11 is 5.93. The Morgan fingerprint density at radius 2 is 1.64 bits per heavy atom. The van der Waals surface area contributed by atoms with E-state index in [1.165, 1.54) is 21.3 Å². The monoisotopic (exact) mass is 401 g/mol. The number of methoxy groups -OCH3 is 3. The molecule has 2 N–H and O–H groups in total. The van der Waals surface area contributed by atoms with Gasteiger partial charge in [-0.3, -0.25) is 9.48 Å². The van der Waals surface area contributed by atoms with Crippen LogP contribution in [0.25, 0.3) is 11.3 Å². The van der Waals surface area contributed by atoms with Crippen molar-refractivity contribution in [3.8, 4) is 28.5 Å². The van der Waals surface area contributed by atoms with Gasteiger partial charge in [0.25, 0.3) is 5.91 Å². The molecule has 146 valence electrons. The van der Waals surface area contributed by atoms with Crippen LogP contribution in [0, 0.1) is 0 Å². The van der Waals surface area contributed by atoms with Crippen LogP contribution >= 0.6 is 11.6 Å². The first-order valence-electron chi connectivity index (χ1n) is 8.39. The molecule has 28 heavy (non-hydrogen) atoms. The summed E-state index contributed by atoms with van der Waals surface area (Å²) in [5.41, 5.74) is 8.04. The summed E-state index contributed by atoms with van der Waals surface area (Å²) < 4.78 is 17.7. The number of primary amides is 1.